The number of unbranched alkanes of at least 4 members (excludes halogenated alkanes) is 25. The molecule has 0 spiro atoms. The number of aryl methyl sites for hydroxylation is 1. The molecule has 0 aliphatic rings. The summed E-state index contributed by atoms with van der Waals surface area (Å²) in [6, 6.07) is 7.12. The van der Waals surface area contributed by atoms with Gasteiger partial charge in [-0.05, 0) is 37.0 Å². The van der Waals surface area contributed by atoms with Crippen molar-refractivity contribution in [1.82, 2.24) is 0 Å². The molecule has 0 aliphatic carbocycles. The molecular formula is C38H68O3. The van der Waals surface area contributed by atoms with Crippen molar-refractivity contribution in [2.75, 3.05) is 0 Å². The first kappa shape index (κ1) is 37.5. The van der Waals surface area contributed by atoms with Crippen LogP contribution in [0.4, 0.5) is 0 Å². The van der Waals surface area contributed by atoms with Crippen molar-refractivity contribution in [2.24, 2.45) is 5.92 Å². The van der Waals surface area contributed by atoms with Crippen molar-refractivity contribution in [2.45, 2.75) is 193 Å². The van der Waals surface area contributed by atoms with Gasteiger partial charge in [0.05, 0.1) is 5.92 Å². The van der Waals surface area contributed by atoms with Gasteiger partial charge in [0.15, 0.2) is 0 Å². The number of phenolic OH excluding ortho intramolecular Hbond substituents is 1. The van der Waals surface area contributed by atoms with Crippen LogP contribution in [0.25, 0.3) is 0 Å². The summed E-state index contributed by atoms with van der Waals surface area (Å²) in [4.78, 5) is 11.6. The van der Waals surface area contributed by atoms with Crippen LogP contribution in [0.1, 0.15) is 192 Å². The van der Waals surface area contributed by atoms with E-state index in [2.05, 4.69) is 6.92 Å². The minimum Gasteiger partial charge on any atom is -0.508 e. The average Bonchev–Trinajstić information content (AvgIpc) is 2.97. The molecule has 1 aromatic carbocycles. The van der Waals surface area contributed by atoms with Gasteiger partial charge in [0.2, 0.25) is 0 Å². The molecule has 1 rings (SSSR count). The number of hydrogen-bond donors (Lipinski definition) is 2. The lowest BCUT2D eigenvalue weighted by Crippen LogP contribution is -2.14. The van der Waals surface area contributed by atoms with E-state index in [1.54, 1.807) is 12.1 Å². The third-order valence-electron chi connectivity index (χ3n) is 8.97. The van der Waals surface area contributed by atoms with Crippen molar-refractivity contribution in [3.05, 3.63) is 29.8 Å². The number of rotatable bonds is 31. The van der Waals surface area contributed by atoms with Gasteiger partial charge in [-0.2, -0.15) is 0 Å². The van der Waals surface area contributed by atoms with Gasteiger partial charge in [0.25, 0.3) is 0 Å². The zero-order valence-electron chi connectivity index (χ0n) is 27.2. The van der Waals surface area contributed by atoms with Crippen LogP contribution in [0.15, 0.2) is 24.3 Å². The molecule has 1 unspecified atom stereocenters. The number of aromatic hydroxyl groups is 1. The molecule has 0 fully saturated rings. The van der Waals surface area contributed by atoms with Crippen LogP contribution in [0.3, 0.4) is 0 Å². The molecule has 238 valence electrons. The first-order chi connectivity index (χ1) is 20.1. The summed E-state index contributed by atoms with van der Waals surface area (Å²) in [6.45, 7) is 2.30. The lowest BCUT2D eigenvalue weighted by molar-refractivity contribution is -0.142. The van der Waals surface area contributed by atoms with Crippen LogP contribution < -0.4 is 0 Å². The second kappa shape index (κ2) is 28.6. The standard InChI is InChI=1S/C38H68O3/c1-2-3-4-5-6-7-8-9-10-11-12-13-14-15-16-17-18-19-20-21-22-23-24-25-26-27-28-36(38(40)41)32-29-35-30-33-37(39)34-31-35/h30-31,33-34,36,39H,2-29,32H2,1H3,(H,40,41). The van der Waals surface area contributed by atoms with Crippen LogP contribution >= 0.6 is 0 Å². The molecule has 3 heteroatoms. The number of hydrogen-bond acceptors (Lipinski definition) is 2. The second-order valence-corrected chi connectivity index (χ2v) is 12.9. The normalized spacial score (nSPS) is 12.1. The van der Waals surface area contributed by atoms with Gasteiger partial charge in [-0.15, -0.1) is 0 Å². The highest BCUT2D eigenvalue weighted by Crippen LogP contribution is 2.20. The first-order valence-electron chi connectivity index (χ1n) is 18.1. The van der Waals surface area contributed by atoms with Gasteiger partial charge < -0.3 is 10.2 Å². The number of phenols is 1. The van der Waals surface area contributed by atoms with Crippen LogP contribution in [-0.2, 0) is 11.2 Å². The molecule has 41 heavy (non-hydrogen) atoms. The maximum atomic E-state index is 11.6. The van der Waals surface area contributed by atoms with Crippen LogP contribution in [0, 0.1) is 5.92 Å². The van der Waals surface area contributed by atoms with Crippen molar-refractivity contribution < 1.29 is 15.0 Å². The quantitative estimate of drug-likeness (QED) is 0.0870. The summed E-state index contributed by atoms with van der Waals surface area (Å²) < 4.78 is 0. The zero-order chi connectivity index (χ0) is 29.6. The van der Waals surface area contributed by atoms with Gasteiger partial charge in [0.1, 0.15) is 5.75 Å². The Hall–Kier alpha value is -1.51. The summed E-state index contributed by atoms with van der Waals surface area (Å²) in [5.41, 5.74) is 1.10. The molecule has 0 saturated heterocycles. The van der Waals surface area contributed by atoms with Crippen LogP contribution in [-0.4, -0.2) is 16.2 Å². The van der Waals surface area contributed by atoms with E-state index in [1.807, 2.05) is 12.1 Å². The Bertz CT molecular complexity index is 683. The van der Waals surface area contributed by atoms with E-state index < -0.39 is 5.97 Å². The monoisotopic (exact) mass is 573 g/mol. The molecule has 0 heterocycles. The molecule has 0 bridgehead atoms. The lowest BCUT2D eigenvalue weighted by atomic mass is 9.93. The molecule has 0 amide bonds. The van der Waals surface area contributed by atoms with Gasteiger partial charge in [0, 0.05) is 0 Å². The minimum absolute atomic E-state index is 0.252. The van der Waals surface area contributed by atoms with E-state index in [0.29, 0.717) is 6.42 Å². The molecular weight excluding hydrogens is 504 g/mol. The Kier molecular flexibility index (Phi) is 26.2. The zero-order valence-corrected chi connectivity index (χ0v) is 27.2. The summed E-state index contributed by atoms with van der Waals surface area (Å²) in [5, 5.41) is 18.9. The smallest absolute Gasteiger partial charge is 0.306 e. The Morgan fingerprint density at radius 3 is 1.15 bits per heavy atom. The summed E-state index contributed by atoms with van der Waals surface area (Å²) in [6.07, 6.45) is 38.4. The number of aliphatic carboxylic acids is 1. The number of benzene rings is 1. The van der Waals surface area contributed by atoms with E-state index in [0.717, 1.165) is 31.2 Å². The fourth-order valence-electron chi connectivity index (χ4n) is 6.10. The number of carboxylic acids is 1. The molecule has 1 atom stereocenters. The second-order valence-electron chi connectivity index (χ2n) is 12.9. The van der Waals surface area contributed by atoms with Crippen LogP contribution in [0.5, 0.6) is 5.75 Å². The highest BCUT2D eigenvalue weighted by Gasteiger charge is 2.16. The molecule has 3 nitrogen and oxygen atoms in total. The van der Waals surface area contributed by atoms with E-state index in [1.165, 1.54) is 154 Å². The summed E-state index contributed by atoms with van der Waals surface area (Å²) in [7, 11) is 0. The van der Waals surface area contributed by atoms with Gasteiger partial charge in [-0.25, -0.2) is 0 Å². The maximum Gasteiger partial charge on any atom is 0.306 e. The molecule has 0 radical (unpaired) electrons. The number of carbonyl (C=O) groups is 1. The van der Waals surface area contributed by atoms with E-state index in [9.17, 15) is 15.0 Å². The van der Waals surface area contributed by atoms with E-state index in [4.69, 9.17) is 0 Å². The van der Waals surface area contributed by atoms with Gasteiger partial charge in [-0.1, -0.05) is 186 Å². The Morgan fingerprint density at radius 2 is 0.829 bits per heavy atom. The molecule has 2 N–H and O–H groups in total. The molecule has 0 saturated carbocycles. The molecule has 0 aromatic heterocycles. The Balaban J connectivity index is 1.76. The van der Waals surface area contributed by atoms with Crippen molar-refractivity contribution >= 4 is 5.97 Å². The molecule has 1 aromatic rings. The van der Waals surface area contributed by atoms with E-state index >= 15 is 0 Å². The summed E-state index contributed by atoms with van der Waals surface area (Å²) >= 11 is 0. The Morgan fingerprint density at radius 1 is 0.512 bits per heavy atom. The fourth-order valence-corrected chi connectivity index (χ4v) is 6.10. The van der Waals surface area contributed by atoms with Crippen molar-refractivity contribution in [3.8, 4) is 5.75 Å². The van der Waals surface area contributed by atoms with Crippen LogP contribution in [0.2, 0.25) is 0 Å². The van der Waals surface area contributed by atoms with Crippen molar-refractivity contribution in [3.63, 3.8) is 0 Å². The largest absolute Gasteiger partial charge is 0.508 e. The SMILES string of the molecule is CCCCCCCCCCCCCCCCCCCCCCCCCCCCC(CCc1ccc(O)cc1)C(=O)O. The highest BCUT2D eigenvalue weighted by atomic mass is 16.4. The average molecular weight is 573 g/mol. The predicted octanol–water partition coefficient (Wildman–Crippen LogP) is 12.6. The Labute approximate surface area is 255 Å². The summed E-state index contributed by atoms with van der Waals surface area (Å²) in [5.74, 6) is -0.657. The van der Waals surface area contributed by atoms with E-state index in [-0.39, 0.29) is 11.7 Å². The molecule has 0 aliphatic heterocycles. The predicted molar refractivity (Wildman–Crippen MR) is 178 cm³/mol. The van der Waals surface area contributed by atoms with Gasteiger partial charge in [-0.3, -0.25) is 4.79 Å². The third kappa shape index (κ3) is 24.8. The number of carboxylic acid groups (broad SMARTS) is 1. The highest BCUT2D eigenvalue weighted by molar-refractivity contribution is 5.69. The minimum atomic E-state index is -0.664. The van der Waals surface area contributed by atoms with Gasteiger partial charge >= 0.3 is 5.97 Å². The van der Waals surface area contributed by atoms with Crippen molar-refractivity contribution in [1.29, 1.82) is 0 Å². The lowest BCUT2D eigenvalue weighted by Gasteiger charge is -2.12. The first-order valence-corrected chi connectivity index (χ1v) is 18.1. The maximum absolute atomic E-state index is 11.6. The fraction of sp³-hybridized carbons (Fsp3) is 0.816. The topological polar surface area (TPSA) is 57.5 Å². The third-order valence-corrected chi connectivity index (χ3v) is 8.97.